The first-order chi connectivity index (χ1) is 12.8. The number of aliphatic hydroxyl groups is 1. The van der Waals surface area contributed by atoms with Crippen molar-refractivity contribution in [3.05, 3.63) is 59.9 Å². The summed E-state index contributed by atoms with van der Waals surface area (Å²) in [5.41, 5.74) is 2.75. The molecule has 0 aliphatic carbocycles. The number of aromatic nitrogens is 4. The van der Waals surface area contributed by atoms with Crippen LogP contribution in [-0.2, 0) is 0 Å². The predicted octanol–water partition coefficient (Wildman–Crippen LogP) is 2.73. The molecule has 0 saturated carbocycles. The van der Waals surface area contributed by atoms with E-state index in [1.807, 2.05) is 51.1 Å². The number of hydrogen-bond donors (Lipinski definition) is 2. The van der Waals surface area contributed by atoms with Crippen LogP contribution in [0, 0.1) is 12.8 Å². The number of carbonyl (C=O) groups is 1. The predicted molar refractivity (Wildman–Crippen MR) is 102 cm³/mol. The largest absolute Gasteiger partial charge is 0.371 e. The van der Waals surface area contributed by atoms with Crippen molar-refractivity contribution in [3.8, 4) is 16.8 Å². The van der Waals surface area contributed by atoms with Crippen LogP contribution in [0.4, 0.5) is 0 Å². The maximum atomic E-state index is 12.8. The lowest BCUT2D eigenvalue weighted by molar-refractivity contribution is -0.0143. The van der Waals surface area contributed by atoms with Crippen LogP contribution < -0.4 is 5.32 Å². The van der Waals surface area contributed by atoms with Gasteiger partial charge in [-0.3, -0.25) is 4.79 Å². The van der Waals surface area contributed by atoms with Crippen LogP contribution >= 0.6 is 0 Å². The van der Waals surface area contributed by atoms with Crippen molar-refractivity contribution in [3.63, 3.8) is 0 Å². The fraction of sp³-hybridized carbons (Fsp3) is 0.300. The topological polar surface area (TPSA) is 92.9 Å². The molecule has 1 unspecified atom stereocenters. The van der Waals surface area contributed by atoms with E-state index in [1.54, 1.807) is 19.1 Å². The van der Waals surface area contributed by atoms with Gasteiger partial charge < -0.3 is 10.4 Å². The minimum Gasteiger partial charge on any atom is -0.371 e. The van der Waals surface area contributed by atoms with E-state index in [9.17, 15) is 9.90 Å². The molecule has 1 heterocycles. The molecule has 3 aromatic rings. The van der Waals surface area contributed by atoms with Gasteiger partial charge >= 0.3 is 0 Å². The van der Waals surface area contributed by atoms with Gasteiger partial charge in [0.2, 0.25) is 0 Å². The van der Waals surface area contributed by atoms with Gasteiger partial charge in [-0.2, -0.15) is 0 Å². The first-order valence-electron chi connectivity index (χ1n) is 8.76. The Morgan fingerprint density at radius 3 is 2.44 bits per heavy atom. The van der Waals surface area contributed by atoms with E-state index in [0.717, 1.165) is 16.7 Å². The summed E-state index contributed by atoms with van der Waals surface area (Å²) in [5.74, 6) is -0.502. The molecule has 2 N–H and O–H groups in total. The Morgan fingerprint density at radius 2 is 1.85 bits per heavy atom. The minimum absolute atomic E-state index is 0.138. The molecule has 0 fully saturated rings. The number of aryl methyl sites for hydroxylation is 1. The number of tetrazole rings is 1. The Bertz CT molecular complexity index is 932. The lowest BCUT2D eigenvalue weighted by Gasteiger charge is -2.29. The van der Waals surface area contributed by atoms with E-state index >= 15 is 0 Å². The number of amides is 1. The van der Waals surface area contributed by atoms with Gasteiger partial charge in [-0.15, -0.1) is 5.10 Å². The Labute approximate surface area is 158 Å². The summed E-state index contributed by atoms with van der Waals surface area (Å²) in [6, 6.07) is 13.4. The molecule has 1 aromatic heterocycles. The summed E-state index contributed by atoms with van der Waals surface area (Å²) < 4.78 is 1.50. The lowest BCUT2D eigenvalue weighted by Crippen LogP contribution is -2.49. The highest BCUT2D eigenvalue weighted by Gasteiger charge is 2.27. The van der Waals surface area contributed by atoms with E-state index in [2.05, 4.69) is 20.8 Å². The number of benzene rings is 2. The Balaban J connectivity index is 2.05. The summed E-state index contributed by atoms with van der Waals surface area (Å²) in [4.78, 5) is 12.8. The van der Waals surface area contributed by atoms with Crippen LogP contribution in [0.3, 0.4) is 0 Å². The summed E-state index contributed by atoms with van der Waals surface area (Å²) in [6.45, 7) is 7.29. The van der Waals surface area contributed by atoms with Crippen molar-refractivity contribution in [1.82, 2.24) is 25.5 Å². The molecule has 1 amide bonds. The average molecular weight is 365 g/mol. The van der Waals surface area contributed by atoms with Gasteiger partial charge in [0, 0.05) is 11.5 Å². The number of nitrogens with zero attached hydrogens (tertiary/aromatic N) is 4. The van der Waals surface area contributed by atoms with Crippen LogP contribution in [0.2, 0.25) is 0 Å². The SMILES string of the molecule is Cc1ccc(-c2cc(C(=O)NC(C)(O)C(C)C)cc(-n3cnnn3)c2)cc1. The molecule has 0 bridgehead atoms. The van der Waals surface area contributed by atoms with Gasteiger partial charge in [0.05, 0.1) is 5.69 Å². The molecule has 0 radical (unpaired) electrons. The highest BCUT2D eigenvalue weighted by molar-refractivity contribution is 5.96. The van der Waals surface area contributed by atoms with Gasteiger partial charge in [-0.1, -0.05) is 43.7 Å². The van der Waals surface area contributed by atoms with E-state index in [0.29, 0.717) is 11.3 Å². The number of nitrogens with one attached hydrogen (secondary N) is 1. The molecule has 0 spiro atoms. The molecule has 0 aliphatic heterocycles. The minimum atomic E-state index is -1.31. The van der Waals surface area contributed by atoms with Gasteiger partial charge in [-0.05, 0) is 53.6 Å². The maximum absolute atomic E-state index is 12.8. The maximum Gasteiger partial charge on any atom is 0.253 e. The van der Waals surface area contributed by atoms with Crippen molar-refractivity contribution in [1.29, 1.82) is 0 Å². The summed E-state index contributed by atoms with van der Waals surface area (Å²) in [7, 11) is 0. The molecule has 1 atom stereocenters. The summed E-state index contributed by atoms with van der Waals surface area (Å²) >= 11 is 0. The Hall–Kier alpha value is -3.06. The zero-order valence-electron chi connectivity index (χ0n) is 15.8. The zero-order valence-corrected chi connectivity index (χ0v) is 15.8. The molecule has 7 heteroatoms. The third kappa shape index (κ3) is 4.20. The second-order valence-corrected chi connectivity index (χ2v) is 7.15. The number of carbonyl (C=O) groups excluding carboxylic acids is 1. The summed E-state index contributed by atoms with van der Waals surface area (Å²) in [6.07, 6.45) is 1.47. The van der Waals surface area contributed by atoms with Crippen molar-refractivity contribution in [2.75, 3.05) is 0 Å². The first kappa shape index (κ1) is 18.7. The molecule has 27 heavy (non-hydrogen) atoms. The third-order valence-electron chi connectivity index (χ3n) is 4.67. The summed E-state index contributed by atoms with van der Waals surface area (Å²) in [5, 5.41) is 24.3. The van der Waals surface area contributed by atoms with E-state index in [1.165, 1.54) is 11.0 Å². The quantitative estimate of drug-likeness (QED) is 0.678. The number of rotatable bonds is 5. The highest BCUT2D eigenvalue weighted by atomic mass is 16.3. The molecular weight excluding hydrogens is 342 g/mol. The Morgan fingerprint density at radius 1 is 1.15 bits per heavy atom. The zero-order chi connectivity index (χ0) is 19.6. The Kier molecular flexibility index (Phi) is 5.05. The molecule has 7 nitrogen and oxygen atoms in total. The fourth-order valence-electron chi connectivity index (χ4n) is 2.51. The lowest BCUT2D eigenvalue weighted by atomic mass is 9.99. The normalized spacial score (nSPS) is 13.4. The smallest absolute Gasteiger partial charge is 0.253 e. The van der Waals surface area contributed by atoms with E-state index < -0.39 is 5.72 Å². The van der Waals surface area contributed by atoms with Crippen LogP contribution in [0.1, 0.15) is 36.7 Å². The molecule has 3 rings (SSSR count). The van der Waals surface area contributed by atoms with E-state index in [-0.39, 0.29) is 11.8 Å². The monoisotopic (exact) mass is 365 g/mol. The molecular formula is C20H23N5O2. The standard InChI is InChI=1S/C20H23N5O2/c1-13(2)20(4,27)22-19(26)17-9-16(15-7-5-14(3)6-8-15)10-18(11-17)25-12-21-23-24-25/h5-13,27H,1-4H3,(H,22,26). The second kappa shape index (κ2) is 7.28. The van der Waals surface area contributed by atoms with Gasteiger partial charge in [0.25, 0.3) is 5.91 Å². The number of hydrogen-bond acceptors (Lipinski definition) is 5. The van der Waals surface area contributed by atoms with Gasteiger partial charge in [0.15, 0.2) is 0 Å². The fourth-order valence-corrected chi connectivity index (χ4v) is 2.51. The average Bonchev–Trinajstić information content (AvgIpc) is 3.16. The van der Waals surface area contributed by atoms with Crippen LogP contribution in [-0.4, -0.2) is 36.9 Å². The molecule has 2 aromatic carbocycles. The molecule has 140 valence electrons. The van der Waals surface area contributed by atoms with Crippen LogP contribution in [0.5, 0.6) is 0 Å². The highest BCUT2D eigenvalue weighted by Crippen LogP contribution is 2.25. The van der Waals surface area contributed by atoms with E-state index in [4.69, 9.17) is 0 Å². The van der Waals surface area contributed by atoms with Crippen LogP contribution in [0.15, 0.2) is 48.8 Å². The van der Waals surface area contributed by atoms with Gasteiger partial charge in [-0.25, -0.2) is 4.68 Å². The van der Waals surface area contributed by atoms with Crippen molar-refractivity contribution >= 4 is 5.91 Å². The second-order valence-electron chi connectivity index (χ2n) is 7.15. The van der Waals surface area contributed by atoms with Crippen LogP contribution in [0.25, 0.3) is 16.8 Å². The molecule has 0 saturated heterocycles. The van der Waals surface area contributed by atoms with Crippen molar-refractivity contribution in [2.45, 2.75) is 33.4 Å². The first-order valence-corrected chi connectivity index (χ1v) is 8.76. The third-order valence-corrected chi connectivity index (χ3v) is 4.67. The van der Waals surface area contributed by atoms with Crippen molar-refractivity contribution in [2.24, 2.45) is 5.92 Å². The molecule has 0 aliphatic rings. The van der Waals surface area contributed by atoms with Gasteiger partial charge in [0.1, 0.15) is 12.1 Å². The van der Waals surface area contributed by atoms with Crippen molar-refractivity contribution < 1.29 is 9.90 Å².